The molecule has 6 aromatic rings. The van der Waals surface area contributed by atoms with Gasteiger partial charge in [0, 0.05) is 26.8 Å². The second-order valence-electron chi connectivity index (χ2n) is 9.75. The third-order valence-electron chi connectivity index (χ3n) is 6.76. The van der Waals surface area contributed by atoms with E-state index >= 15 is 0 Å². The van der Waals surface area contributed by atoms with Crippen molar-refractivity contribution in [1.29, 1.82) is 0 Å². The monoisotopic (exact) mass is 992 g/mol. The first-order valence-corrected chi connectivity index (χ1v) is 18.7. The molecule has 0 bridgehead atoms. The molecule has 0 aliphatic rings. The summed E-state index contributed by atoms with van der Waals surface area (Å²) in [4.78, 5) is 4.05. The second-order valence-corrected chi connectivity index (χ2v) is 16.9. The third kappa shape index (κ3) is 10.0. The Kier molecular flexibility index (Phi) is 15.7. The van der Waals surface area contributed by atoms with E-state index in [2.05, 4.69) is 164 Å². The summed E-state index contributed by atoms with van der Waals surface area (Å²) in [7, 11) is -2.96. The van der Waals surface area contributed by atoms with Gasteiger partial charge in [0.15, 0.2) is 0 Å². The van der Waals surface area contributed by atoms with Gasteiger partial charge in [-0.3, -0.25) is 4.86 Å². The molecule has 0 aromatic heterocycles. The van der Waals surface area contributed by atoms with E-state index in [9.17, 15) is 0 Å². The van der Waals surface area contributed by atoms with Gasteiger partial charge in [-0.05, 0) is 45.5 Å². The van der Waals surface area contributed by atoms with Crippen LogP contribution in [0, 0.1) is 13.3 Å². The summed E-state index contributed by atoms with van der Waals surface area (Å²) in [6, 6.07) is 63.9. The summed E-state index contributed by atoms with van der Waals surface area (Å²) < 4.78 is 0. The Labute approximate surface area is 297 Å². The predicted molar refractivity (Wildman–Crippen MR) is 191 cm³/mol. The Balaban J connectivity index is 0.000000266. The Morgan fingerprint density at radius 1 is 0.341 bits per heavy atom. The van der Waals surface area contributed by atoms with Gasteiger partial charge in [-0.2, -0.15) is 20.6 Å². The van der Waals surface area contributed by atoms with Crippen molar-refractivity contribution < 1.29 is 44.8 Å². The van der Waals surface area contributed by atoms with Gasteiger partial charge < -0.3 is 0 Å². The van der Waals surface area contributed by atoms with E-state index < -0.39 is 23.4 Å². The van der Waals surface area contributed by atoms with E-state index in [1.165, 1.54) is 31.8 Å². The smallest absolute Gasteiger partial charge is 0.259 e. The summed E-state index contributed by atoms with van der Waals surface area (Å²) in [5, 5.41) is 7.87. The molecular weight excluding hydrogens is 957 g/mol. The SMILES string of the molecule is [Au+].[Au+].[CH2-][P+]([CH2-])(c1ccccc1)c1ccccc1.c1ccc(P(NP(c2ccccc2)c2ccccc2)c2ccccc2)cc1. The van der Waals surface area contributed by atoms with Crippen LogP contribution in [0.5, 0.6) is 0 Å². The number of nitrogens with one attached hydrogen (secondary N) is 1. The fourth-order valence-electron chi connectivity index (χ4n) is 4.51. The van der Waals surface area contributed by atoms with Crippen LogP contribution in [0.1, 0.15) is 0 Å². The van der Waals surface area contributed by atoms with Gasteiger partial charge >= 0.3 is 44.8 Å². The van der Waals surface area contributed by atoms with Crippen molar-refractivity contribution in [2.45, 2.75) is 0 Å². The van der Waals surface area contributed by atoms with Crippen LogP contribution in [0.25, 0.3) is 0 Å². The molecule has 0 radical (unpaired) electrons. The van der Waals surface area contributed by atoms with Crippen molar-refractivity contribution in [3.05, 3.63) is 195 Å². The molecule has 0 spiro atoms. The van der Waals surface area contributed by atoms with Crippen LogP contribution in [0.2, 0.25) is 0 Å². The molecular formula is C38H35Au2NP3+. The van der Waals surface area contributed by atoms with Crippen LogP contribution < -0.4 is 36.7 Å². The van der Waals surface area contributed by atoms with E-state index in [-0.39, 0.29) is 44.8 Å². The van der Waals surface area contributed by atoms with E-state index in [0.717, 1.165) is 0 Å². The summed E-state index contributed by atoms with van der Waals surface area (Å²) in [6.07, 6.45) is 0. The molecule has 0 amide bonds. The fraction of sp³-hybridized carbons (Fsp3) is 0. The Morgan fingerprint density at radius 3 is 0.773 bits per heavy atom. The minimum absolute atomic E-state index is 0. The average Bonchev–Trinajstić information content (AvgIpc) is 3.08. The van der Waals surface area contributed by atoms with Gasteiger partial charge in [-0.25, -0.2) is 0 Å². The first-order chi connectivity index (χ1) is 20.6. The maximum atomic E-state index is 4.31. The molecule has 0 unspecified atom stereocenters. The standard InChI is InChI=1S/C24H21NP2.C14H14P.2Au/c1-5-13-21(14-6-1)26(22-15-7-2-8-16-22)25-27(23-17-9-3-10-18-23)24-19-11-4-12-20-24;1-15(2,13-9-5-3-6-10-13)14-11-7-4-8-12-14;;/h1-20,25H;3-12H,1-2H2;;/q;-1;2*+1. The maximum absolute atomic E-state index is 4.31. The molecule has 0 aliphatic heterocycles. The van der Waals surface area contributed by atoms with Gasteiger partial charge in [0.25, 0.3) is 0 Å². The molecule has 228 valence electrons. The Hall–Kier alpha value is -1.95. The number of benzene rings is 6. The fourth-order valence-corrected chi connectivity index (χ4v) is 11.4. The number of hydrogen-bond acceptors (Lipinski definition) is 1. The summed E-state index contributed by atoms with van der Waals surface area (Å²) >= 11 is 0. The zero-order chi connectivity index (χ0) is 29.0. The van der Waals surface area contributed by atoms with Crippen LogP contribution in [0.4, 0.5) is 0 Å². The molecule has 0 heterocycles. The molecule has 0 atom stereocenters. The third-order valence-corrected chi connectivity index (χ3v) is 14.2. The molecule has 0 saturated heterocycles. The molecule has 6 aromatic carbocycles. The van der Waals surface area contributed by atoms with Crippen molar-refractivity contribution in [2.75, 3.05) is 0 Å². The minimum atomic E-state index is -1.65. The molecule has 0 fully saturated rings. The Bertz CT molecular complexity index is 1410. The van der Waals surface area contributed by atoms with Crippen LogP contribution in [-0.2, 0) is 44.8 Å². The first kappa shape index (κ1) is 36.5. The number of rotatable bonds is 8. The van der Waals surface area contributed by atoms with Gasteiger partial charge in [0.1, 0.15) is 0 Å². The second kappa shape index (κ2) is 18.9. The number of hydrogen-bond donors (Lipinski definition) is 1. The zero-order valence-electron chi connectivity index (χ0n) is 24.2. The summed E-state index contributed by atoms with van der Waals surface area (Å²) in [5.41, 5.74) is 0. The van der Waals surface area contributed by atoms with Crippen LogP contribution in [-0.4, -0.2) is 0 Å². The molecule has 0 saturated carbocycles. The van der Waals surface area contributed by atoms with Gasteiger partial charge in [-0.15, -0.1) is 0 Å². The van der Waals surface area contributed by atoms with E-state index in [0.29, 0.717) is 0 Å². The molecule has 1 nitrogen and oxygen atoms in total. The molecule has 6 heteroatoms. The largest absolute Gasteiger partial charge is 1.00 e. The summed E-state index contributed by atoms with van der Waals surface area (Å²) in [5.74, 6) is 0. The molecule has 1 N–H and O–H groups in total. The average molecular weight is 993 g/mol. The Morgan fingerprint density at radius 2 is 0.545 bits per heavy atom. The quantitative estimate of drug-likeness (QED) is 0.0931. The molecule has 0 aliphatic carbocycles. The molecule has 44 heavy (non-hydrogen) atoms. The van der Waals surface area contributed by atoms with Gasteiger partial charge in [-0.1, -0.05) is 158 Å². The molecule has 6 rings (SSSR count). The van der Waals surface area contributed by atoms with Crippen molar-refractivity contribution in [2.24, 2.45) is 0 Å². The summed E-state index contributed by atoms with van der Waals surface area (Å²) in [6.45, 7) is 8.62. The van der Waals surface area contributed by atoms with Crippen LogP contribution in [0.15, 0.2) is 182 Å². The maximum Gasteiger partial charge on any atom is 1.00 e. The van der Waals surface area contributed by atoms with Gasteiger partial charge in [0.05, 0.1) is 0 Å². The normalized spacial score (nSPS) is 10.6. The van der Waals surface area contributed by atoms with E-state index in [1.54, 1.807) is 0 Å². The minimum Gasteiger partial charge on any atom is -0.259 e. The predicted octanol–water partition coefficient (Wildman–Crippen LogP) is 7.90. The van der Waals surface area contributed by atoms with E-state index in [1.807, 2.05) is 36.4 Å². The van der Waals surface area contributed by atoms with Crippen molar-refractivity contribution in [3.8, 4) is 0 Å². The van der Waals surface area contributed by atoms with Crippen molar-refractivity contribution in [1.82, 2.24) is 4.86 Å². The first-order valence-electron chi connectivity index (χ1n) is 13.9. The van der Waals surface area contributed by atoms with Crippen LogP contribution in [0.3, 0.4) is 0 Å². The van der Waals surface area contributed by atoms with Crippen molar-refractivity contribution in [3.63, 3.8) is 0 Å². The van der Waals surface area contributed by atoms with Crippen molar-refractivity contribution >= 4 is 55.2 Å². The topological polar surface area (TPSA) is 12.0 Å². The zero-order valence-corrected chi connectivity index (χ0v) is 31.2. The van der Waals surface area contributed by atoms with Crippen LogP contribution >= 0.6 is 23.4 Å². The van der Waals surface area contributed by atoms with E-state index in [4.69, 9.17) is 0 Å². The van der Waals surface area contributed by atoms with Gasteiger partial charge in [0.2, 0.25) is 0 Å².